The van der Waals surface area contributed by atoms with E-state index in [9.17, 15) is 5.11 Å². The van der Waals surface area contributed by atoms with Gasteiger partial charge in [-0.15, -0.1) is 11.3 Å². The van der Waals surface area contributed by atoms with Crippen LogP contribution >= 0.6 is 11.3 Å². The molecule has 1 N–H and O–H groups in total. The number of aryl methyl sites for hydroxylation is 3. The van der Waals surface area contributed by atoms with E-state index in [0.29, 0.717) is 11.4 Å². The highest BCUT2D eigenvalue weighted by Gasteiger charge is 2.23. The Balaban J connectivity index is 2.46. The minimum Gasteiger partial charge on any atom is -0.493 e. The molecule has 2 rings (SSSR count). The summed E-state index contributed by atoms with van der Waals surface area (Å²) in [6.45, 7) is 3.82. The molecule has 2 aromatic heterocycles. The van der Waals surface area contributed by atoms with Crippen molar-refractivity contribution in [2.45, 2.75) is 20.0 Å². The highest BCUT2D eigenvalue weighted by molar-refractivity contribution is 7.11. The largest absolute Gasteiger partial charge is 0.493 e. The van der Waals surface area contributed by atoms with Crippen LogP contribution in [0.15, 0.2) is 6.20 Å². The maximum atomic E-state index is 10.4. The van der Waals surface area contributed by atoms with Crippen LogP contribution in [0.1, 0.15) is 27.4 Å². The van der Waals surface area contributed by atoms with Gasteiger partial charge in [0.15, 0.2) is 5.75 Å². The number of methoxy groups -OCH3 is 1. The molecule has 1 atom stereocenters. The molecule has 0 saturated heterocycles. The van der Waals surface area contributed by atoms with Gasteiger partial charge in [0.2, 0.25) is 0 Å². The first-order chi connectivity index (χ1) is 8.04. The van der Waals surface area contributed by atoms with Gasteiger partial charge in [-0.25, -0.2) is 4.98 Å². The first kappa shape index (κ1) is 12.1. The molecule has 6 heteroatoms. The Bertz CT molecular complexity index is 533. The summed E-state index contributed by atoms with van der Waals surface area (Å²) in [5, 5.41) is 15.4. The topological polar surface area (TPSA) is 60.2 Å². The summed E-state index contributed by atoms with van der Waals surface area (Å²) in [5.74, 6) is 0.588. The number of rotatable bonds is 3. The molecule has 2 aromatic rings. The van der Waals surface area contributed by atoms with Gasteiger partial charge in [-0.3, -0.25) is 4.68 Å². The zero-order chi connectivity index (χ0) is 12.6. The molecule has 0 fully saturated rings. The molecule has 0 aliphatic heterocycles. The Kier molecular flexibility index (Phi) is 3.17. The summed E-state index contributed by atoms with van der Waals surface area (Å²) in [4.78, 5) is 5.15. The Labute approximate surface area is 104 Å². The maximum Gasteiger partial charge on any atom is 0.163 e. The molecule has 2 heterocycles. The highest BCUT2D eigenvalue weighted by atomic mass is 32.1. The normalized spacial score (nSPS) is 12.8. The summed E-state index contributed by atoms with van der Waals surface area (Å²) in [6.07, 6.45) is 0.852. The van der Waals surface area contributed by atoms with Crippen LogP contribution in [0.5, 0.6) is 5.75 Å². The van der Waals surface area contributed by atoms with E-state index in [1.807, 2.05) is 13.8 Å². The van der Waals surface area contributed by atoms with E-state index in [1.165, 1.54) is 11.3 Å². The molecule has 17 heavy (non-hydrogen) atoms. The van der Waals surface area contributed by atoms with Gasteiger partial charge >= 0.3 is 0 Å². The van der Waals surface area contributed by atoms with E-state index in [4.69, 9.17) is 4.74 Å². The number of ether oxygens (including phenoxy) is 1. The molecule has 0 aliphatic carbocycles. The van der Waals surface area contributed by atoms with Crippen LogP contribution in [-0.4, -0.2) is 27.0 Å². The lowest BCUT2D eigenvalue weighted by Crippen LogP contribution is -2.07. The van der Waals surface area contributed by atoms with E-state index in [0.717, 1.165) is 15.6 Å². The van der Waals surface area contributed by atoms with Crippen LogP contribution in [-0.2, 0) is 7.05 Å². The zero-order valence-electron chi connectivity index (χ0n) is 10.3. The lowest BCUT2D eigenvalue weighted by Gasteiger charge is -2.11. The van der Waals surface area contributed by atoms with Gasteiger partial charge in [-0.2, -0.15) is 5.10 Å². The van der Waals surface area contributed by atoms with Gasteiger partial charge in [0.05, 0.1) is 28.9 Å². The molecular weight excluding hydrogens is 238 g/mol. The molecule has 0 aliphatic rings. The van der Waals surface area contributed by atoms with E-state index < -0.39 is 6.10 Å². The third kappa shape index (κ3) is 2.05. The van der Waals surface area contributed by atoms with Gasteiger partial charge in [-0.1, -0.05) is 0 Å². The minimum atomic E-state index is -0.747. The first-order valence-electron chi connectivity index (χ1n) is 5.22. The van der Waals surface area contributed by atoms with Gasteiger partial charge in [-0.05, 0) is 13.8 Å². The van der Waals surface area contributed by atoms with Crippen molar-refractivity contribution in [3.8, 4) is 5.75 Å². The van der Waals surface area contributed by atoms with E-state index >= 15 is 0 Å². The van der Waals surface area contributed by atoms with E-state index in [-0.39, 0.29) is 0 Å². The number of aromatic nitrogens is 3. The SMILES string of the molecule is COc1cnn(C)c1C(O)c1sc(C)nc1C. The second-order valence-electron chi connectivity index (χ2n) is 3.81. The number of hydrogen-bond donors (Lipinski definition) is 1. The van der Waals surface area contributed by atoms with Gasteiger partial charge in [0.25, 0.3) is 0 Å². The average molecular weight is 253 g/mol. The van der Waals surface area contributed by atoms with Crippen molar-refractivity contribution in [3.05, 3.63) is 27.5 Å². The summed E-state index contributed by atoms with van der Waals surface area (Å²) in [7, 11) is 3.35. The monoisotopic (exact) mass is 253 g/mol. The fourth-order valence-electron chi connectivity index (χ4n) is 1.82. The molecule has 0 radical (unpaired) electrons. The Morgan fingerprint density at radius 2 is 2.18 bits per heavy atom. The number of hydrogen-bond acceptors (Lipinski definition) is 5. The number of aliphatic hydroxyl groups excluding tert-OH is 1. The minimum absolute atomic E-state index is 0.588. The maximum absolute atomic E-state index is 10.4. The van der Waals surface area contributed by atoms with Crippen molar-refractivity contribution >= 4 is 11.3 Å². The molecule has 0 spiro atoms. The van der Waals surface area contributed by atoms with Crippen LogP contribution in [0.25, 0.3) is 0 Å². The van der Waals surface area contributed by atoms with Gasteiger partial charge in [0, 0.05) is 7.05 Å². The van der Waals surface area contributed by atoms with Crippen molar-refractivity contribution in [1.82, 2.24) is 14.8 Å². The third-order valence-corrected chi connectivity index (χ3v) is 3.74. The first-order valence-corrected chi connectivity index (χ1v) is 6.04. The fraction of sp³-hybridized carbons (Fsp3) is 0.455. The fourth-order valence-corrected chi connectivity index (χ4v) is 2.74. The Morgan fingerprint density at radius 1 is 1.47 bits per heavy atom. The molecule has 0 aromatic carbocycles. The molecule has 0 amide bonds. The summed E-state index contributed by atoms with van der Waals surface area (Å²) >= 11 is 1.49. The predicted molar refractivity (Wildman–Crippen MR) is 65.4 cm³/mol. The van der Waals surface area contributed by atoms with Gasteiger partial charge < -0.3 is 9.84 Å². The van der Waals surface area contributed by atoms with Crippen molar-refractivity contribution in [3.63, 3.8) is 0 Å². The average Bonchev–Trinajstić information content (AvgIpc) is 2.80. The second-order valence-corrected chi connectivity index (χ2v) is 5.04. The van der Waals surface area contributed by atoms with Crippen molar-refractivity contribution < 1.29 is 9.84 Å². The predicted octanol–water partition coefficient (Wildman–Crippen LogP) is 1.58. The van der Waals surface area contributed by atoms with Crippen LogP contribution in [0.2, 0.25) is 0 Å². The van der Waals surface area contributed by atoms with E-state index in [2.05, 4.69) is 10.1 Å². The molecule has 0 saturated carbocycles. The quantitative estimate of drug-likeness (QED) is 0.902. The lowest BCUT2D eigenvalue weighted by molar-refractivity contribution is 0.207. The summed E-state index contributed by atoms with van der Waals surface area (Å²) in [5.41, 5.74) is 1.50. The Hall–Kier alpha value is -1.40. The second kappa shape index (κ2) is 4.46. The van der Waals surface area contributed by atoms with E-state index in [1.54, 1.807) is 25.0 Å². The van der Waals surface area contributed by atoms with Crippen molar-refractivity contribution in [1.29, 1.82) is 0 Å². The van der Waals surface area contributed by atoms with Crippen molar-refractivity contribution in [2.75, 3.05) is 7.11 Å². The standard InChI is InChI=1S/C11H15N3O2S/c1-6-11(17-7(2)13-6)10(15)9-8(16-4)5-12-14(9)3/h5,10,15H,1-4H3. The number of aliphatic hydroxyl groups is 1. The van der Waals surface area contributed by atoms with Crippen LogP contribution < -0.4 is 4.74 Å². The third-order valence-electron chi connectivity index (χ3n) is 2.62. The van der Waals surface area contributed by atoms with Gasteiger partial charge in [0.1, 0.15) is 11.8 Å². The summed E-state index contributed by atoms with van der Waals surface area (Å²) < 4.78 is 6.82. The van der Waals surface area contributed by atoms with Crippen LogP contribution in [0.4, 0.5) is 0 Å². The smallest absolute Gasteiger partial charge is 0.163 e. The zero-order valence-corrected chi connectivity index (χ0v) is 11.1. The number of nitrogens with zero attached hydrogens (tertiary/aromatic N) is 3. The number of thiazole rings is 1. The Morgan fingerprint density at radius 3 is 2.71 bits per heavy atom. The molecular formula is C11H15N3O2S. The van der Waals surface area contributed by atoms with Crippen LogP contribution in [0.3, 0.4) is 0 Å². The molecule has 92 valence electrons. The lowest BCUT2D eigenvalue weighted by atomic mass is 10.2. The van der Waals surface area contributed by atoms with Crippen molar-refractivity contribution in [2.24, 2.45) is 7.05 Å². The van der Waals surface area contributed by atoms with Crippen LogP contribution in [0, 0.1) is 13.8 Å². The molecule has 5 nitrogen and oxygen atoms in total. The highest BCUT2D eigenvalue weighted by Crippen LogP contribution is 2.33. The summed E-state index contributed by atoms with van der Waals surface area (Å²) in [6, 6.07) is 0. The molecule has 1 unspecified atom stereocenters. The molecule has 0 bridgehead atoms.